The van der Waals surface area contributed by atoms with E-state index >= 15 is 0 Å². The summed E-state index contributed by atoms with van der Waals surface area (Å²) in [6, 6.07) is 12.1. The molecule has 39 heavy (non-hydrogen) atoms. The van der Waals surface area contributed by atoms with Crippen LogP contribution in [0, 0.1) is 5.41 Å². The molecule has 0 unspecified atom stereocenters. The fourth-order valence-corrected chi connectivity index (χ4v) is 6.45. The topological polar surface area (TPSA) is 106 Å². The Hall–Kier alpha value is -3.07. The van der Waals surface area contributed by atoms with Crippen molar-refractivity contribution in [3.05, 3.63) is 71.2 Å². The number of pyridine rings is 1. The van der Waals surface area contributed by atoms with Crippen molar-refractivity contribution in [1.29, 1.82) is 0 Å². The standard InChI is InChI=1S/C31H41N5O3/c1-6-28(37)36-13-11-30(38,12-14-36)27-16-26(33-34-27)23-15-25(18-32-17-23)31(39,29(4)19-35(5)20-29)24-9-7-22(8-10-24)21(2)3/h7-10,15-18,21,38-39H,6,11-14,19-20H2,1-5H3,(H,33,34)/t31-/m0/s1. The van der Waals surface area contributed by atoms with Gasteiger partial charge in [-0.1, -0.05) is 52.0 Å². The van der Waals surface area contributed by atoms with Crippen LogP contribution in [0.5, 0.6) is 0 Å². The molecule has 8 nitrogen and oxygen atoms in total. The second-order valence-corrected chi connectivity index (χ2v) is 12.1. The number of amides is 1. The Bertz CT molecular complexity index is 1320. The first kappa shape index (κ1) is 27.5. The van der Waals surface area contributed by atoms with Crippen LogP contribution in [0.1, 0.15) is 75.3 Å². The lowest BCUT2D eigenvalue weighted by Crippen LogP contribution is -2.63. The summed E-state index contributed by atoms with van der Waals surface area (Å²) in [5.74, 6) is 0.522. The molecule has 5 rings (SSSR count). The first-order valence-corrected chi connectivity index (χ1v) is 14.0. The summed E-state index contributed by atoms with van der Waals surface area (Å²) in [5, 5.41) is 31.4. The Labute approximate surface area is 231 Å². The van der Waals surface area contributed by atoms with E-state index in [4.69, 9.17) is 0 Å². The Morgan fingerprint density at radius 3 is 2.36 bits per heavy atom. The van der Waals surface area contributed by atoms with Crippen molar-refractivity contribution in [1.82, 2.24) is 25.0 Å². The van der Waals surface area contributed by atoms with Gasteiger partial charge in [0, 0.05) is 61.5 Å². The maximum Gasteiger partial charge on any atom is 0.222 e. The predicted molar refractivity (Wildman–Crippen MR) is 151 cm³/mol. The number of carbonyl (C=O) groups excluding carboxylic acids is 1. The molecule has 0 spiro atoms. The van der Waals surface area contributed by atoms with Gasteiger partial charge in [0.2, 0.25) is 5.91 Å². The predicted octanol–water partition coefficient (Wildman–Crippen LogP) is 4.00. The summed E-state index contributed by atoms with van der Waals surface area (Å²) in [5.41, 5.74) is 2.18. The molecule has 1 atom stereocenters. The molecule has 2 aliphatic heterocycles. The second-order valence-electron chi connectivity index (χ2n) is 12.1. The Morgan fingerprint density at radius 2 is 1.77 bits per heavy atom. The number of aromatic amines is 1. The van der Waals surface area contributed by atoms with E-state index in [1.165, 1.54) is 5.56 Å². The van der Waals surface area contributed by atoms with Gasteiger partial charge in [0.15, 0.2) is 0 Å². The van der Waals surface area contributed by atoms with Crippen LogP contribution in [0.15, 0.2) is 48.8 Å². The van der Waals surface area contributed by atoms with E-state index in [-0.39, 0.29) is 5.91 Å². The van der Waals surface area contributed by atoms with Crippen molar-refractivity contribution < 1.29 is 15.0 Å². The minimum atomic E-state index is -1.24. The van der Waals surface area contributed by atoms with Gasteiger partial charge in [0.1, 0.15) is 11.2 Å². The highest BCUT2D eigenvalue weighted by Gasteiger charge is 2.55. The van der Waals surface area contributed by atoms with Crippen LogP contribution < -0.4 is 0 Å². The van der Waals surface area contributed by atoms with Crippen LogP contribution in [-0.4, -0.2) is 74.3 Å². The number of aliphatic hydroxyl groups is 2. The van der Waals surface area contributed by atoms with E-state index in [1.54, 1.807) is 12.4 Å². The number of likely N-dealkylation sites (tertiary alicyclic amines) is 2. The molecule has 3 N–H and O–H groups in total. The molecule has 0 radical (unpaired) electrons. The van der Waals surface area contributed by atoms with E-state index in [9.17, 15) is 15.0 Å². The maximum absolute atomic E-state index is 12.5. The Kier molecular flexibility index (Phi) is 7.16. The normalized spacial score (nSPS) is 20.5. The van der Waals surface area contributed by atoms with Crippen molar-refractivity contribution in [3.8, 4) is 11.3 Å². The SMILES string of the molecule is CCC(=O)N1CCC(O)(c2cc(-c3cncc([C@@](O)(c4ccc(C(C)C)cc4)C4(C)CN(C)C4)c3)n[nH]2)CC1. The molecular weight excluding hydrogens is 490 g/mol. The van der Waals surface area contributed by atoms with E-state index in [1.807, 2.05) is 36.1 Å². The number of carbonyl (C=O) groups is 1. The van der Waals surface area contributed by atoms with Crippen LogP contribution in [0.2, 0.25) is 0 Å². The lowest BCUT2D eigenvalue weighted by Gasteiger charge is -2.55. The van der Waals surface area contributed by atoms with E-state index in [0.29, 0.717) is 49.7 Å². The van der Waals surface area contributed by atoms with Crippen molar-refractivity contribution in [3.63, 3.8) is 0 Å². The van der Waals surface area contributed by atoms with Crippen LogP contribution in [0.3, 0.4) is 0 Å². The van der Waals surface area contributed by atoms with Crippen LogP contribution >= 0.6 is 0 Å². The van der Waals surface area contributed by atoms with Gasteiger partial charge in [-0.05, 0) is 49.1 Å². The van der Waals surface area contributed by atoms with Gasteiger partial charge in [0.25, 0.3) is 0 Å². The van der Waals surface area contributed by atoms with Gasteiger partial charge < -0.3 is 20.0 Å². The third-order valence-corrected chi connectivity index (χ3v) is 8.88. The van der Waals surface area contributed by atoms with Crippen molar-refractivity contribution in [2.24, 2.45) is 5.41 Å². The molecule has 0 saturated carbocycles. The van der Waals surface area contributed by atoms with Crippen molar-refractivity contribution in [2.75, 3.05) is 33.2 Å². The highest BCUT2D eigenvalue weighted by molar-refractivity contribution is 5.76. The van der Waals surface area contributed by atoms with Crippen molar-refractivity contribution in [2.45, 2.75) is 64.1 Å². The molecule has 1 aromatic carbocycles. The molecule has 208 valence electrons. The fourth-order valence-electron chi connectivity index (χ4n) is 6.45. The summed E-state index contributed by atoms with van der Waals surface area (Å²) in [4.78, 5) is 20.6. The summed E-state index contributed by atoms with van der Waals surface area (Å²) in [7, 11) is 2.07. The Balaban J connectivity index is 1.46. The zero-order valence-corrected chi connectivity index (χ0v) is 23.7. The van der Waals surface area contributed by atoms with Crippen LogP contribution in [-0.2, 0) is 16.0 Å². The monoisotopic (exact) mass is 531 g/mol. The molecule has 2 aliphatic rings. The summed E-state index contributed by atoms with van der Waals surface area (Å²) < 4.78 is 0. The van der Waals surface area contributed by atoms with Gasteiger partial charge in [-0.3, -0.25) is 14.9 Å². The first-order valence-electron chi connectivity index (χ1n) is 14.0. The molecule has 2 fully saturated rings. The van der Waals surface area contributed by atoms with Gasteiger partial charge in [-0.15, -0.1) is 0 Å². The highest BCUT2D eigenvalue weighted by atomic mass is 16.3. The number of hydrogen-bond acceptors (Lipinski definition) is 6. The average molecular weight is 532 g/mol. The maximum atomic E-state index is 12.5. The quantitative estimate of drug-likeness (QED) is 0.426. The van der Waals surface area contributed by atoms with Gasteiger partial charge in [0.05, 0.1) is 11.4 Å². The third kappa shape index (κ3) is 4.79. The smallest absolute Gasteiger partial charge is 0.222 e. The van der Waals surface area contributed by atoms with E-state index < -0.39 is 16.6 Å². The summed E-state index contributed by atoms with van der Waals surface area (Å²) in [6.45, 7) is 10.9. The molecule has 0 aliphatic carbocycles. The Morgan fingerprint density at radius 1 is 1.10 bits per heavy atom. The molecule has 8 heteroatoms. The molecule has 1 amide bonds. The molecule has 0 bridgehead atoms. The molecule has 3 aromatic rings. The number of nitrogens with one attached hydrogen (secondary N) is 1. The molecule has 4 heterocycles. The third-order valence-electron chi connectivity index (χ3n) is 8.88. The van der Waals surface area contributed by atoms with E-state index in [2.05, 4.69) is 60.0 Å². The number of piperidine rings is 1. The largest absolute Gasteiger partial charge is 0.383 e. The number of nitrogens with zero attached hydrogens (tertiary/aromatic N) is 4. The fraction of sp³-hybridized carbons (Fsp3) is 0.516. The van der Waals surface area contributed by atoms with E-state index in [0.717, 1.165) is 29.8 Å². The van der Waals surface area contributed by atoms with Gasteiger partial charge in [-0.2, -0.15) is 5.10 Å². The van der Waals surface area contributed by atoms with Gasteiger partial charge in [-0.25, -0.2) is 0 Å². The minimum absolute atomic E-state index is 0.114. The number of rotatable bonds is 7. The summed E-state index contributed by atoms with van der Waals surface area (Å²) >= 11 is 0. The lowest BCUT2D eigenvalue weighted by atomic mass is 9.62. The number of aromatic nitrogens is 3. The molecule has 2 saturated heterocycles. The highest BCUT2D eigenvalue weighted by Crippen LogP contribution is 2.50. The second kappa shape index (κ2) is 10.2. The minimum Gasteiger partial charge on any atom is -0.383 e. The van der Waals surface area contributed by atoms with Crippen molar-refractivity contribution >= 4 is 5.91 Å². The molecule has 2 aromatic heterocycles. The zero-order valence-electron chi connectivity index (χ0n) is 23.7. The van der Waals surface area contributed by atoms with Crippen LogP contribution in [0.25, 0.3) is 11.3 Å². The number of hydrogen-bond donors (Lipinski definition) is 3. The number of benzene rings is 1. The van der Waals surface area contributed by atoms with Crippen LogP contribution in [0.4, 0.5) is 0 Å². The van der Waals surface area contributed by atoms with Gasteiger partial charge >= 0.3 is 0 Å². The number of H-pyrrole nitrogens is 1. The summed E-state index contributed by atoms with van der Waals surface area (Å²) in [6.07, 6.45) is 4.88. The zero-order chi connectivity index (χ0) is 28.0. The average Bonchev–Trinajstić information content (AvgIpc) is 3.43. The first-order chi connectivity index (χ1) is 18.5. The lowest BCUT2D eigenvalue weighted by molar-refractivity contribution is -0.135. The molecular formula is C31H41N5O3.